The third-order valence-corrected chi connectivity index (χ3v) is 3.19. The van der Waals surface area contributed by atoms with E-state index in [-0.39, 0.29) is 11.3 Å². The number of hydrogen-bond donors (Lipinski definition) is 6. The summed E-state index contributed by atoms with van der Waals surface area (Å²) in [7, 11) is 0. The molecular weight excluding hydrogens is 318 g/mol. The van der Waals surface area contributed by atoms with Crippen LogP contribution in [0.25, 0.3) is 0 Å². The highest BCUT2D eigenvalue weighted by Gasteiger charge is 2.20. The van der Waals surface area contributed by atoms with Gasteiger partial charge in [0.1, 0.15) is 11.3 Å². The number of aromatic nitrogens is 1. The van der Waals surface area contributed by atoms with E-state index in [1.807, 2.05) is 12.3 Å². The van der Waals surface area contributed by atoms with Gasteiger partial charge in [0.15, 0.2) is 0 Å². The Hall–Kier alpha value is -1.42. The van der Waals surface area contributed by atoms with Gasteiger partial charge in [0, 0.05) is 5.69 Å². The third kappa shape index (κ3) is 4.31. The van der Waals surface area contributed by atoms with Gasteiger partial charge >= 0.3 is 0 Å². The number of unbranched alkanes of at least 4 members (excludes halogenated alkanes) is 1. The smallest absolute Gasteiger partial charge is 0.274 e. The van der Waals surface area contributed by atoms with E-state index in [0.29, 0.717) is 16.6 Å². The van der Waals surface area contributed by atoms with Gasteiger partial charge in [-0.1, -0.05) is 13.3 Å². The van der Waals surface area contributed by atoms with Crippen molar-refractivity contribution in [3.8, 4) is 5.75 Å². The fraction of sp³-hybridized carbons (Fsp3) is 0.400. The zero-order chi connectivity index (χ0) is 15.0. The number of carbonyl (C=O) groups is 1. The van der Waals surface area contributed by atoms with Crippen molar-refractivity contribution in [2.24, 2.45) is 17.5 Å². The Morgan fingerprint density at radius 2 is 2.05 bits per heavy atom. The summed E-state index contributed by atoms with van der Waals surface area (Å²) in [5.41, 5.74) is 1.34. The molecule has 8 nitrogen and oxygen atoms in total. The van der Waals surface area contributed by atoms with Crippen LogP contribution < -0.4 is 28.5 Å². The molecule has 1 amide bonds. The first-order valence-corrected chi connectivity index (χ1v) is 6.30. The van der Waals surface area contributed by atoms with E-state index in [1.165, 1.54) is 0 Å². The molecule has 0 saturated heterocycles. The van der Waals surface area contributed by atoms with Crippen LogP contribution in [0.2, 0.25) is 0 Å². The summed E-state index contributed by atoms with van der Waals surface area (Å²) in [5, 5.41) is 9.78. The largest absolute Gasteiger partial charge is 0.506 e. The van der Waals surface area contributed by atoms with Gasteiger partial charge in [0.25, 0.3) is 11.5 Å². The number of halogens is 1. The molecule has 0 unspecified atom stereocenters. The van der Waals surface area contributed by atoms with Gasteiger partial charge in [0.05, 0.1) is 4.47 Å². The van der Waals surface area contributed by atoms with E-state index in [1.54, 1.807) is 0 Å². The highest BCUT2D eigenvalue weighted by atomic mass is 79.9. The number of pyridine rings is 1. The maximum Gasteiger partial charge on any atom is 0.274 e. The molecule has 0 radical (unpaired) electrons. The number of aromatic amines is 1. The second-order valence-corrected chi connectivity index (χ2v) is 4.34. The van der Waals surface area contributed by atoms with Crippen LogP contribution in [-0.4, -0.2) is 16.0 Å². The summed E-state index contributed by atoms with van der Waals surface area (Å²) in [5.74, 6) is 11.7. The Labute approximate surface area is 118 Å². The predicted molar refractivity (Wildman–Crippen MR) is 75.1 cm³/mol. The molecule has 0 aliphatic carbocycles. The van der Waals surface area contributed by atoms with Crippen LogP contribution >= 0.6 is 15.9 Å². The second-order valence-electron chi connectivity index (χ2n) is 3.55. The van der Waals surface area contributed by atoms with Gasteiger partial charge in [-0.15, -0.1) is 0 Å². The number of nitrogen functional groups attached to an aromatic ring is 1. The zero-order valence-electron chi connectivity index (χ0n) is 10.5. The fourth-order valence-corrected chi connectivity index (χ4v) is 1.92. The lowest BCUT2D eigenvalue weighted by molar-refractivity contribution is 0.0949. The number of carbonyl (C=O) groups excluding carboxylic acids is 1. The first-order valence-electron chi connectivity index (χ1n) is 5.50. The van der Waals surface area contributed by atoms with Crippen LogP contribution in [0, 0.1) is 0 Å². The third-order valence-electron chi connectivity index (χ3n) is 2.34. The molecule has 9 N–H and O–H groups in total. The lowest BCUT2D eigenvalue weighted by Gasteiger charge is -2.09. The molecule has 9 heteroatoms. The van der Waals surface area contributed by atoms with Crippen LogP contribution in [0.1, 0.15) is 35.8 Å². The second kappa shape index (κ2) is 8.64. The molecular formula is C10H18BrN5O3. The first kappa shape index (κ1) is 17.6. The van der Waals surface area contributed by atoms with Crippen LogP contribution in [0.15, 0.2) is 9.27 Å². The highest BCUT2D eigenvalue weighted by Crippen LogP contribution is 2.28. The van der Waals surface area contributed by atoms with Crippen molar-refractivity contribution in [3.63, 3.8) is 0 Å². The van der Waals surface area contributed by atoms with Crippen LogP contribution in [-0.2, 0) is 6.42 Å². The monoisotopic (exact) mass is 335 g/mol. The summed E-state index contributed by atoms with van der Waals surface area (Å²) >= 11 is 3.15. The molecule has 0 atom stereocenters. The van der Waals surface area contributed by atoms with Crippen molar-refractivity contribution in [2.45, 2.75) is 26.2 Å². The lowest BCUT2D eigenvalue weighted by atomic mass is 10.1. The van der Waals surface area contributed by atoms with Gasteiger partial charge in [-0.05, 0) is 28.8 Å². The number of amides is 1. The van der Waals surface area contributed by atoms with Crippen LogP contribution in [0.4, 0.5) is 0 Å². The highest BCUT2D eigenvalue weighted by molar-refractivity contribution is 9.10. The standard InChI is InChI=1S/C10H14BrN3O3.H4N2/c1-2-3-4-5-7(11)8(15)6(9(16)13-5)10(17)14-12;1-2/h2-4,12H2,1H3,(H,14,17)(H2,13,15,16);1-2H2. The molecule has 0 spiro atoms. The maximum absolute atomic E-state index is 11.6. The van der Waals surface area contributed by atoms with E-state index in [9.17, 15) is 14.7 Å². The summed E-state index contributed by atoms with van der Waals surface area (Å²) < 4.78 is 0.323. The molecule has 0 bridgehead atoms. The molecule has 0 saturated carbocycles. The number of aryl methyl sites for hydroxylation is 1. The Morgan fingerprint density at radius 1 is 1.47 bits per heavy atom. The molecule has 0 aliphatic heterocycles. The molecule has 19 heavy (non-hydrogen) atoms. The Morgan fingerprint density at radius 3 is 2.53 bits per heavy atom. The average Bonchev–Trinajstić information content (AvgIpc) is 2.43. The van der Waals surface area contributed by atoms with E-state index < -0.39 is 11.5 Å². The minimum Gasteiger partial charge on any atom is -0.506 e. The van der Waals surface area contributed by atoms with Crippen molar-refractivity contribution >= 4 is 21.8 Å². The molecule has 1 aromatic rings. The summed E-state index contributed by atoms with van der Waals surface area (Å²) in [4.78, 5) is 25.5. The summed E-state index contributed by atoms with van der Waals surface area (Å²) in [6.07, 6.45) is 2.45. The van der Waals surface area contributed by atoms with Crippen molar-refractivity contribution < 1.29 is 9.90 Å². The Balaban J connectivity index is 0.00000154. The SMILES string of the molecule is CCCCc1[nH]c(=O)c(C(=O)NN)c(O)c1Br.NN. The first-order chi connectivity index (χ1) is 9.02. The van der Waals surface area contributed by atoms with Crippen molar-refractivity contribution in [2.75, 3.05) is 0 Å². The molecule has 0 aromatic carbocycles. The minimum atomic E-state index is -0.827. The van der Waals surface area contributed by atoms with Gasteiger partial charge in [0.2, 0.25) is 0 Å². The number of hydrogen-bond acceptors (Lipinski definition) is 6. The number of hydrazine groups is 2. The normalized spacial score (nSPS) is 9.53. The number of nitrogens with two attached hydrogens (primary N) is 3. The number of aromatic hydroxyl groups is 1. The fourth-order valence-electron chi connectivity index (χ4n) is 1.42. The van der Waals surface area contributed by atoms with Gasteiger partial charge in [-0.25, -0.2) is 5.84 Å². The van der Waals surface area contributed by atoms with E-state index in [0.717, 1.165) is 12.8 Å². The van der Waals surface area contributed by atoms with Crippen LogP contribution in [0.5, 0.6) is 5.75 Å². The van der Waals surface area contributed by atoms with Crippen molar-refractivity contribution in [3.05, 3.63) is 26.1 Å². The molecule has 1 aromatic heterocycles. The number of rotatable bonds is 4. The Bertz CT molecular complexity index is 489. The van der Waals surface area contributed by atoms with Crippen LogP contribution in [0.3, 0.4) is 0 Å². The van der Waals surface area contributed by atoms with Crippen molar-refractivity contribution in [1.82, 2.24) is 10.4 Å². The minimum absolute atomic E-state index is 0.323. The van der Waals surface area contributed by atoms with E-state index >= 15 is 0 Å². The summed E-state index contributed by atoms with van der Waals surface area (Å²) in [6, 6.07) is 0. The quantitative estimate of drug-likeness (QED) is 0.249. The predicted octanol–water partition coefficient (Wildman–Crippen LogP) is -0.392. The van der Waals surface area contributed by atoms with Gasteiger partial charge < -0.3 is 10.1 Å². The number of nitrogens with one attached hydrogen (secondary N) is 2. The lowest BCUT2D eigenvalue weighted by Crippen LogP contribution is -2.34. The summed E-state index contributed by atoms with van der Waals surface area (Å²) in [6.45, 7) is 2.02. The molecule has 1 rings (SSSR count). The zero-order valence-corrected chi connectivity index (χ0v) is 12.1. The molecule has 108 valence electrons. The maximum atomic E-state index is 11.6. The van der Waals surface area contributed by atoms with E-state index in [4.69, 9.17) is 5.84 Å². The van der Waals surface area contributed by atoms with Crippen molar-refractivity contribution in [1.29, 1.82) is 0 Å². The topological polar surface area (TPSA) is 160 Å². The molecule has 0 aliphatic rings. The average molecular weight is 336 g/mol. The Kier molecular flexibility index (Phi) is 8.00. The van der Waals surface area contributed by atoms with Gasteiger partial charge in [-0.2, -0.15) is 0 Å². The molecule has 1 heterocycles. The van der Waals surface area contributed by atoms with Gasteiger partial charge in [-0.3, -0.25) is 26.7 Å². The molecule has 0 fully saturated rings. The van der Waals surface area contributed by atoms with E-state index in [2.05, 4.69) is 32.6 Å². The number of H-pyrrole nitrogens is 1.